The number of carbonyl (C=O) groups excluding carboxylic acids is 1. The molecular weight excluding hydrogens is 316 g/mol. The summed E-state index contributed by atoms with van der Waals surface area (Å²) in [5.74, 6) is -0.435. The summed E-state index contributed by atoms with van der Waals surface area (Å²) < 4.78 is 32.6. The highest BCUT2D eigenvalue weighted by Gasteiger charge is 2.42. The fourth-order valence-electron chi connectivity index (χ4n) is 3.43. The lowest BCUT2D eigenvalue weighted by Gasteiger charge is -2.26. The van der Waals surface area contributed by atoms with Crippen molar-refractivity contribution in [3.05, 3.63) is 29.8 Å². The first-order valence-corrected chi connectivity index (χ1v) is 9.49. The Morgan fingerprint density at radius 3 is 2.61 bits per heavy atom. The zero-order valence-electron chi connectivity index (χ0n) is 13.2. The van der Waals surface area contributed by atoms with Crippen LogP contribution in [-0.4, -0.2) is 50.5 Å². The molecule has 0 aromatic heterocycles. The lowest BCUT2D eigenvalue weighted by Crippen LogP contribution is -2.42. The molecule has 6 nitrogen and oxygen atoms in total. The number of rotatable bonds is 4. The molecule has 0 saturated carbocycles. The monoisotopic (exact) mass is 338 g/mol. The van der Waals surface area contributed by atoms with Crippen molar-refractivity contribution in [2.45, 2.75) is 43.2 Å². The number of nitrogens with zero attached hydrogens (tertiary/aromatic N) is 1. The standard InChI is InChI=1S/C16H22N2O4S/c1-2-22-16(19)12-3-7-15(8-4-12)23(20,21)18-13-5-6-14(18)11-17-10-9-13/h3-4,7-8,13-14,17H,2,5-6,9-11H2,1H3. The predicted molar refractivity (Wildman–Crippen MR) is 85.7 cm³/mol. The number of hydrogen-bond acceptors (Lipinski definition) is 5. The molecule has 23 heavy (non-hydrogen) atoms. The summed E-state index contributed by atoms with van der Waals surface area (Å²) >= 11 is 0. The van der Waals surface area contributed by atoms with E-state index >= 15 is 0 Å². The maximum Gasteiger partial charge on any atom is 0.338 e. The molecule has 3 rings (SSSR count). The van der Waals surface area contributed by atoms with Crippen LogP contribution >= 0.6 is 0 Å². The molecule has 1 N–H and O–H groups in total. The van der Waals surface area contributed by atoms with E-state index in [4.69, 9.17) is 4.74 Å². The van der Waals surface area contributed by atoms with Gasteiger partial charge in [-0.2, -0.15) is 4.31 Å². The number of hydrogen-bond donors (Lipinski definition) is 1. The smallest absolute Gasteiger partial charge is 0.338 e. The molecule has 0 amide bonds. The Bertz CT molecular complexity index is 658. The van der Waals surface area contributed by atoms with Gasteiger partial charge in [0.05, 0.1) is 17.1 Å². The Kier molecular flexibility index (Phi) is 4.70. The highest BCUT2D eigenvalue weighted by atomic mass is 32.2. The van der Waals surface area contributed by atoms with E-state index in [0.717, 1.165) is 25.8 Å². The van der Waals surface area contributed by atoms with Crippen molar-refractivity contribution in [3.63, 3.8) is 0 Å². The molecule has 0 spiro atoms. The topological polar surface area (TPSA) is 75.7 Å². The average Bonchev–Trinajstić information content (AvgIpc) is 2.81. The molecule has 2 aliphatic rings. The van der Waals surface area contributed by atoms with E-state index in [1.165, 1.54) is 24.3 Å². The van der Waals surface area contributed by atoms with Crippen LogP contribution in [0.4, 0.5) is 0 Å². The van der Waals surface area contributed by atoms with E-state index in [1.807, 2.05) is 0 Å². The zero-order valence-corrected chi connectivity index (χ0v) is 14.0. The van der Waals surface area contributed by atoms with Gasteiger partial charge < -0.3 is 10.1 Å². The number of benzene rings is 1. The van der Waals surface area contributed by atoms with Gasteiger partial charge in [0.25, 0.3) is 0 Å². The summed E-state index contributed by atoms with van der Waals surface area (Å²) in [7, 11) is -3.53. The first-order valence-electron chi connectivity index (χ1n) is 8.05. The van der Waals surface area contributed by atoms with Crippen LogP contribution in [0.1, 0.15) is 36.5 Å². The Labute approximate surface area is 136 Å². The fourth-order valence-corrected chi connectivity index (χ4v) is 5.33. The molecule has 126 valence electrons. The molecule has 2 aliphatic heterocycles. The lowest BCUT2D eigenvalue weighted by molar-refractivity contribution is 0.0526. The van der Waals surface area contributed by atoms with Gasteiger partial charge in [-0.3, -0.25) is 0 Å². The predicted octanol–water partition coefficient (Wildman–Crippen LogP) is 1.38. The molecule has 2 unspecified atom stereocenters. The molecule has 0 radical (unpaired) electrons. The van der Waals surface area contributed by atoms with E-state index < -0.39 is 16.0 Å². The maximum absolute atomic E-state index is 13.0. The van der Waals surface area contributed by atoms with Crippen molar-refractivity contribution in [1.82, 2.24) is 9.62 Å². The largest absolute Gasteiger partial charge is 0.462 e. The molecule has 2 heterocycles. The molecule has 2 fully saturated rings. The van der Waals surface area contributed by atoms with Crippen molar-refractivity contribution >= 4 is 16.0 Å². The van der Waals surface area contributed by atoms with Crippen LogP contribution in [0.15, 0.2) is 29.2 Å². The Morgan fingerprint density at radius 2 is 1.91 bits per heavy atom. The van der Waals surface area contributed by atoms with Crippen molar-refractivity contribution in [3.8, 4) is 0 Å². The fraction of sp³-hybridized carbons (Fsp3) is 0.562. The minimum Gasteiger partial charge on any atom is -0.462 e. The molecule has 0 aliphatic carbocycles. The summed E-state index contributed by atoms with van der Waals surface area (Å²) in [5.41, 5.74) is 0.367. The highest BCUT2D eigenvalue weighted by molar-refractivity contribution is 7.89. The molecule has 2 atom stereocenters. The van der Waals surface area contributed by atoms with Crippen LogP contribution in [0.2, 0.25) is 0 Å². The van der Waals surface area contributed by atoms with E-state index in [-0.39, 0.29) is 17.0 Å². The molecule has 1 aromatic rings. The minimum absolute atomic E-state index is 0.0252. The van der Waals surface area contributed by atoms with Crippen LogP contribution < -0.4 is 5.32 Å². The minimum atomic E-state index is -3.53. The Balaban J connectivity index is 1.86. The van der Waals surface area contributed by atoms with Gasteiger partial charge >= 0.3 is 5.97 Å². The summed E-state index contributed by atoms with van der Waals surface area (Å²) in [6, 6.07) is 6.13. The van der Waals surface area contributed by atoms with Gasteiger partial charge in [0, 0.05) is 18.6 Å². The Morgan fingerprint density at radius 1 is 1.22 bits per heavy atom. The van der Waals surface area contributed by atoms with Crippen LogP contribution in [0.25, 0.3) is 0 Å². The third-order valence-electron chi connectivity index (χ3n) is 4.53. The van der Waals surface area contributed by atoms with E-state index in [9.17, 15) is 13.2 Å². The third-order valence-corrected chi connectivity index (χ3v) is 6.55. The molecule has 1 aromatic carbocycles. The van der Waals surface area contributed by atoms with Gasteiger partial charge in [-0.05, 0) is 57.0 Å². The highest BCUT2D eigenvalue weighted by Crippen LogP contribution is 2.33. The van der Waals surface area contributed by atoms with Gasteiger partial charge in [-0.1, -0.05) is 0 Å². The average molecular weight is 338 g/mol. The van der Waals surface area contributed by atoms with Crippen LogP contribution in [0.5, 0.6) is 0 Å². The molecule has 2 saturated heterocycles. The molecule has 2 bridgehead atoms. The lowest BCUT2D eigenvalue weighted by atomic mass is 10.1. The van der Waals surface area contributed by atoms with E-state index in [1.54, 1.807) is 11.2 Å². The van der Waals surface area contributed by atoms with Crippen LogP contribution in [0, 0.1) is 0 Å². The van der Waals surface area contributed by atoms with Gasteiger partial charge in [-0.15, -0.1) is 0 Å². The SMILES string of the molecule is CCOC(=O)c1ccc(S(=O)(=O)N2C3CCNCC2CC3)cc1. The van der Waals surface area contributed by atoms with Gasteiger partial charge in [0.15, 0.2) is 0 Å². The molecular formula is C16H22N2O4S. The van der Waals surface area contributed by atoms with Crippen molar-refractivity contribution in [2.75, 3.05) is 19.7 Å². The summed E-state index contributed by atoms with van der Waals surface area (Å²) in [5, 5.41) is 3.30. The van der Waals surface area contributed by atoms with Crippen LogP contribution in [0.3, 0.4) is 0 Å². The van der Waals surface area contributed by atoms with Crippen molar-refractivity contribution < 1.29 is 17.9 Å². The summed E-state index contributed by atoms with van der Waals surface area (Å²) in [6.45, 7) is 3.59. The van der Waals surface area contributed by atoms with Crippen LogP contribution in [-0.2, 0) is 14.8 Å². The third kappa shape index (κ3) is 3.13. The normalized spacial score (nSPS) is 25.1. The second-order valence-electron chi connectivity index (χ2n) is 5.96. The van der Waals surface area contributed by atoms with Crippen molar-refractivity contribution in [2.24, 2.45) is 0 Å². The summed E-state index contributed by atoms with van der Waals surface area (Å²) in [6.07, 6.45) is 2.67. The first-order chi connectivity index (χ1) is 11.0. The maximum atomic E-state index is 13.0. The quantitative estimate of drug-likeness (QED) is 0.840. The number of carbonyl (C=O) groups is 1. The van der Waals surface area contributed by atoms with Gasteiger partial charge in [-0.25, -0.2) is 13.2 Å². The van der Waals surface area contributed by atoms with E-state index in [0.29, 0.717) is 18.7 Å². The number of esters is 1. The van der Waals surface area contributed by atoms with Gasteiger partial charge in [0.1, 0.15) is 0 Å². The zero-order chi connectivity index (χ0) is 16.4. The summed E-state index contributed by atoms with van der Waals surface area (Å²) in [4.78, 5) is 11.9. The second-order valence-corrected chi connectivity index (χ2v) is 7.80. The number of ether oxygens (including phenoxy) is 1. The number of nitrogens with one attached hydrogen (secondary N) is 1. The van der Waals surface area contributed by atoms with Crippen molar-refractivity contribution in [1.29, 1.82) is 0 Å². The molecule has 7 heteroatoms. The second kappa shape index (κ2) is 6.59. The number of fused-ring (bicyclic) bond motifs is 2. The number of sulfonamides is 1. The van der Waals surface area contributed by atoms with E-state index in [2.05, 4.69) is 5.32 Å². The van der Waals surface area contributed by atoms with Gasteiger partial charge in [0.2, 0.25) is 10.0 Å². The first kappa shape index (κ1) is 16.4. The Hall–Kier alpha value is -1.44.